The van der Waals surface area contributed by atoms with E-state index < -0.39 is 24.2 Å². The number of allylic oxidation sites excluding steroid dienone is 1. The number of alkyl halides is 1. The Kier molecular flexibility index (Phi) is 8.99. The molecule has 0 aromatic heterocycles. The molecule has 0 fully saturated rings. The molecule has 110 valence electrons. The van der Waals surface area contributed by atoms with Gasteiger partial charge in [-0.1, -0.05) is 6.08 Å². The molecule has 0 N–H and O–H groups in total. The molecule has 0 aliphatic heterocycles. The largest absolute Gasteiger partial charge is 0.462 e. The second-order valence-electron chi connectivity index (χ2n) is 3.55. The maximum atomic E-state index is 12.0. The van der Waals surface area contributed by atoms with Crippen molar-refractivity contribution in [1.82, 2.24) is 0 Å². The highest BCUT2D eigenvalue weighted by atomic mass is 19.1. The average Bonchev–Trinajstić information content (AvgIpc) is 2.39. The molecule has 0 saturated carbocycles. The number of carbonyl (C=O) groups is 2. The van der Waals surface area contributed by atoms with Crippen molar-refractivity contribution in [2.75, 3.05) is 26.5 Å². The summed E-state index contributed by atoms with van der Waals surface area (Å²) in [5, 5.41) is 0. The number of halogens is 1. The van der Waals surface area contributed by atoms with E-state index in [0.29, 0.717) is 0 Å². The molecular weight excluding hydrogens is 255 g/mol. The zero-order chi connectivity index (χ0) is 14.7. The Bertz CT molecular complexity index is 308. The van der Waals surface area contributed by atoms with Crippen LogP contribution in [0.3, 0.4) is 0 Å². The molecule has 5 nitrogen and oxygen atoms in total. The third kappa shape index (κ3) is 5.94. The van der Waals surface area contributed by atoms with Crippen LogP contribution < -0.4 is 0 Å². The molecule has 0 aromatic rings. The summed E-state index contributed by atoms with van der Waals surface area (Å²) in [6, 6.07) is 0. The molecule has 6 heteroatoms. The molecule has 0 bridgehead atoms. The van der Waals surface area contributed by atoms with Gasteiger partial charge < -0.3 is 14.2 Å². The molecule has 0 aromatic carbocycles. The van der Waals surface area contributed by atoms with Crippen LogP contribution in [0.25, 0.3) is 0 Å². The van der Waals surface area contributed by atoms with Crippen LogP contribution in [0, 0.1) is 0 Å². The van der Waals surface area contributed by atoms with E-state index in [4.69, 9.17) is 14.2 Å². The number of carbonyl (C=O) groups excluding carboxylic acids is 2. The summed E-state index contributed by atoms with van der Waals surface area (Å²) >= 11 is 0. The minimum atomic E-state index is -1.58. The second-order valence-corrected chi connectivity index (χ2v) is 3.55. The first kappa shape index (κ1) is 17.7. The number of ketones is 1. The Morgan fingerprint density at radius 3 is 2.11 bits per heavy atom. The van der Waals surface area contributed by atoms with Gasteiger partial charge in [0.25, 0.3) is 5.79 Å². The predicted molar refractivity (Wildman–Crippen MR) is 67.4 cm³/mol. The van der Waals surface area contributed by atoms with Gasteiger partial charge in [-0.25, -0.2) is 9.18 Å². The highest BCUT2D eigenvalue weighted by molar-refractivity contribution is 5.90. The minimum Gasteiger partial charge on any atom is -0.462 e. The highest BCUT2D eigenvalue weighted by Crippen LogP contribution is 2.21. The normalized spacial score (nSPS) is 11.8. The summed E-state index contributed by atoms with van der Waals surface area (Å²) in [4.78, 5) is 22.8. The van der Waals surface area contributed by atoms with E-state index in [1.807, 2.05) is 0 Å². The predicted octanol–water partition coefficient (Wildman–Crippen LogP) is 1.80. The maximum absolute atomic E-state index is 12.0. The van der Waals surface area contributed by atoms with Crippen LogP contribution in [0.2, 0.25) is 0 Å². The van der Waals surface area contributed by atoms with E-state index in [2.05, 4.69) is 0 Å². The van der Waals surface area contributed by atoms with Gasteiger partial charge in [0.05, 0.1) is 6.61 Å². The smallest absolute Gasteiger partial charge is 0.367 e. The number of hydrogen-bond acceptors (Lipinski definition) is 5. The van der Waals surface area contributed by atoms with Crippen molar-refractivity contribution in [2.24, 2.45) is 0 Å². The van der Waals surface area contributed by atoms with Crippen LogP contribution in [0.4, 0.5) is 4.39 Å². The van der Waals surface area contributed by atoms with E-state index >= 15 is 0 Å². The third-order valence-corrected chi connectivity index (χ3v) is 2.16. The van der Waals surface area contributed by atoms with Crippen molar-refractivity contribution in [3.8, 4) is 0 Å². The second kappa shape index (κ2) is 9.63. The van der Waals surface area contributed by atoms with Crippen molar-refractivity contribution in [2.45, 2.75) is 33.0 Å². The van der Waals surface area contributed by atoms with Gasteiger partial charge in [-0.05, 0) is 26.8 Å². The summed E-state index contributed by atoms with van der Waals surface area (Å²) in [7, 11) is 0. The molecule has 0 aliphatic carbocycles. The Labute approximate surface area is 112 Å². The van der Waals surface area contributed by atoms with Gasteiger partial charge in [-0.3, -0.25) is 4.79 Å². The zero-order valence-corrected chi connectivity index (χ0v) is 11.6. The van der Waals surface area contributed by atoms with Gasteiger partial charge >= 0.3 is 5.97 Å². The fraction of sp³-hybridized carbons (Fsp3) is 0.692. The monoisotopic (exact) mass is 276 g/mol. The van der Waals surface area contributed by atoms with Gasteiger partial charge in [-0.2, -0.15) is 0 Å². The van der Waals surface area contributed by atoms with Crippen molar-refractivity contribution < 1.29 is 28.2 Å². The van der Waals surface area contributed by atoms with Crippen LogP contribution >= 0.6 is 0 Å². The molecule has 0 amide bonds. The lowest BCUT2D eigenvalue weighted by Gasteiger charge is -2.29. The lowest BCUT2D eigenvalue weighted by atomic mass is 10.1. The molecule has 0 rings (SSSR count). The number of esters is 1. The summed E-state index contributed by atoms with van der Waals surface area (Å²) < 4.78 is 27.6. The van der Waals surface area contributed by atoms with E-state index in [0.717, 1.165) is 6.08 Å². The topological polar surface area (TPSA) is 61.8 Å². The van der Waals surface area contributed by atoms with Crippen LogP contribution in [0.15, 0.2) is 12.2 Å². The van der Waals surface area contributed by atoms with Crippen molar-refractivity contribution >= 4 is 11.8 Å². The molecule has 0 saturated heterocycles. The quantitative estimate of drug-likeness (QED) is 0.346. The lowest BCUT2D eigenvalue weighted by molar-refractivity contribution is -0.244. The van der Waals surface area contributed by atoms with Gasteiger partial charge in [-0.15, -0.1) is 0 Å². The molecule has 0 aliphatic rings. The van der Waals surface area contributed by atoms with Crippen LogP contribution in [0.5, 0.6) is 0 Å². The Balaban J connectivity index is 4.94. The van der Waals surface area contributed by atoms with Crippen LogP contribution in [0.1, 0.15) is 27.2 Å². The zero-order valence-electron chi connectivity index (χ0n) is 11.6. The van der Waals surface area contributed by atoms with Crippen molar-refractivity contribution in [3.05, 3.63) is 12.2 Å². The molecular formula is C13H21FO5. The summed E-state index contributed by atoms with van der Waals surface area (Å²) in [6.45, 7) is 4.68. The number of hydrogen-bond donors (Lipinski definition) is 0. The summed E-state index contributed by atoms with van der Waals surface area (Å²) in [6.07, 6.45) is 2.40. The summed E-state index contributed by atoms with van der Waals surface area (Å²) in [5.74, 6) is -2.91. The Morgan fingerprint density at radius 2 is 1.68 bits per heavy atom. The van der Waals surface area contributed by atoms with Gasteiger partial charge in [0.1, 0.15) is 0 Å². The van der Waals surface area contributed by atoms with Crippen molar-refractivity contribution in [1.29, 1.82) is 0 Å². The molecule has 0 spiro atoms. The minimum absolute atomic E-state index is 0.0146. The maximum Gasteiger partial charge on any atom is 0.367 e. The Hall–Kier alpha value is -1.27. The first-order valence-electron chi connectivity index (χ1n) is 6.26. The third-order valence-electron chi connectivity index (χ3n) is 2.16. The molecule has 0 radical (unpaired) electrons. The fourth-order valence-corrected chi connectivity index (χ4v) is 1.46. The first-order chi connectivity index (χ1) is 9.06. The fourth-order valence-electron chi connectivity index (χ4n) is 1.46. The molecule has 0 atom stereocenters. The Morgan fingerprint density at radius 1 is 1.11 bits per heavy atom. The average molecular weight is 276 g/mol. The summed E-state index contributed by atoms with van der Waals surface area (Å²) in [5.41, 5.74) is 0. The van der Waals surface area contributed by atoms with Gasteiger partial charge in [0, 0.05) is 19.6 Å². The van der Waals surface area contributed by atoms with Gasteiger partial charge in [0.2, 0.25) is 0 Å². The molecule has 0 heterocycles. The lowest BCUT2D eigenvalue weighted by Crippen LogP contribution is -2.45. The standard InChI is InChI=1S/C13H21FO5/c1-4-17-12(16)13(18-5-2,19-6-3)9-7-8-11(15)10-14/h7-8H,4-6,9-10H2,1-3H3/b8-7+. The molecule has 0 unspecified atom stereocenters. The SMILES string of the molecule is CCOC(=O)C(C/C=C/C(=O)CF)(OCC)OCC. The van der Waals surface area contributed by atoms with Crippen molar-refractivity contribution in [3.63, 3.8) is 0 Å². The first-order valence-corrected chi connectivity index (χ1v) is 6.26. The molecule has 19 heavy (non-hydrogen) atoms. The van der Waals surface area contributed by atoms with E-state index in [1.165, 1.54) is 6.08 Å². The van der Waals surface area contributed by atoms with E-state index in [-0.39, 0.29) is 26.2 Å². The van der Waals surface area contributed by atoms with Crippen LogP contribution in [-0.4, -0.2) is 44.0 Å². The number of rotatable bonds is 10. The number of ether oxygens (including phenoxy) is 3. The van der Waals surface area contributed by atoms with E-state index in [9.17, 15) is 14.0 Å². The van der Waals surface area contributed by atoms with Crippen LogP contribution in [-0.2, 0) is 23.8 Å². The van der Waals surface area contributed by atoms with Gasteiger partial charge in [0.15, 0.2) is 12.5 Å². The highest BCUT2D eigenvalue weighted by Gasteiger charge is 2.41. The van der Waals surface area contributed by atoms with E-state index in [1.54, 1.807) is 20.8 Å².